The minimum atomic E-state index is -0.735. The molecular weight excluding hydrogens is 326 g/mol. The van der Waals surface area contributed by atoms with E-state index >= 15 is 0 Å². The number of hydrogen-bond acceptors (Lipinski definition) is 8. The molecule has 1 aliphatic heterocycles. The van der Waals surface area contributed by atoms with Crippen molar-refractivity contribution >= 4 is 23.3 Å². The summed E-state index contributed by atoms with van der Waals surface area (Å²) >= 11 is 0. The molecule has 0 aromatic carbocycles. The minimum Gasteiger partial charge on any atom is -0.481 e. The van der Waals surface area contributed by atoms with E-state index in [-0.39, 0.29) is 5.92 Å². The van der Waals surface area contributed by atoms with Crippen molar-refractivity contribution < 1.29 is 19.4 Å². The number of hydrogen-bond donors (Lipinski definition) is 2. The van der Waals surface area contributed by atoms with E-state index in [1.54, 1.807) is 14.2 Å². The van der Waals surface area contributed by atoms with E-state index in [1.807, 2.05) is 9.80 Å². The van der Waals surface area contributed by atoms with E-state index < -0.39 is 5.97 Å². The van der Waals surface area contributed by atoms with Crippen LogP contribution in [0.15, 0.2) is 6.33 Å². The molecule has 0 radical (unpaired) electrons. The maximum atomic E-state index is 11.1. The first-order valence-electron chi connectivity index (χ1n) is 8.39. The number of aliphatic carboxylic acids is 1. The Labute approximate surface area is 147 Å². The summed E-state index contributed by atoms with van der Waals surface area (Å²) in [5, 5.41) is 9.13. The zero-order valence-electron chi connectivity index (χ0n) is 14.8. The standard InChI is InChI=1S/C16H27N5O4/c1-24-9-7-21(8-10-25-2)15-13(17)14(18-11-19-15)20-5-3-12(4-6-20)16(22)23/h11-12H,3-10,17H2,1-2H3,(H,22,23). The number of aromatic nitrogens is 2. The third-order valence-electron chi connectivity index (χ3n) is 4.42. The van der Waals surface area contributed by atoms with Gasteiger partial charge in [-0.3, -0.25) is 4.79 Å². The molecule has 2 heterocycles. The maximum Gasteiger partial charge on any atom is 0.306 e. The van der Waals surface area contributed by atoms with Crippen LogP contribution < -0.4 is 15.5 Å². The molecule has 0 saturated carbocycles. The number of nitrogen functional groups attached to an aromatic ring is 1. The normalized spacial score (nSPS) is 15.4. The van der Waals surface area contributed by atoms with Crippen molar-refractivity contribution in [3.63, 3.8) is 0 Å². The fraction of sp³-hybridized carbons (Fsp3) is 0.688. The molecular formula is C16H27N5O4. The second-order valence-electron chi connectivity index (χ2n) is 6.01. The third-order valence-corrected chi connectivity index (χ3v) is 4.42. The molecule has 1 aromatic rings. The molecule has 140 valence electrons. The average Bonchev–Trinajstić information content (AvgIpc) is 2.62. The first-order chi connectivity index (χ1) is 12.1. The molecule has 1 fully saturated rings. The van der Waals surface area contributed by atoms with Crippen LogP contribution in [0.2, 0.25) is 0 Å². The van der Waals surface area contributed by atoms with Crippen LogP contribution in [-0.2, 0) is 14.3 Å². The highest BCUT2D eigenvalue weighted by molar-refractivity contribution is 5.76. The van der Waals surface area contributed by atoms with E-state index in [1.165, 1.54) is 6.33 Å². The summed E-state index contributed by atoms with van der Waals surface area (Å²) in [4.78, 5) is 23.8. The lowest BCUT2D eigenvalue weighted by Crippen LogP contribution is -2.38. The van der Waals surface area contributed by atoms with Gasteiger partial charge in [-0.25, -0.2) is 9.97 Å². The molecule has 0 aliphatic carbocycles. The summed E-state index contributed by atoms with van der Waals surface area (Å²) in [7, 11) is 3.30. The maximum absolute atomic E-state index is 11.1. The molecule has 1 aliphatic rings. The Morgan fingerprint density at radius 3 is 2.40 bits per heavy atom. The van der Waals surface area contributed by atoms with E-state index in [9.17, 15) is 4.79 Å². The zero-order valence-corrected chi connectivity index (χ0v) is 14.8. The van der Waals surface area contributed by atoms with Crippen LogP contribution in [-0.4, -0.2) is 74.7 Å². The SMILES string of the molecule is COCCN(CCOC)c1ncnc(N2CCC(C(=O)O)CC2)c1N. The van der Waals surface area contributed by atoms with Crippen molar-refractivity contribution in [1.29, 1.82) is 0 Å². The van der Waals surface area contributed by atoms with Crippen LogP contribution in [0.1, 0.15) is 12.8 Å². The van der Waals surface area contributed by atoms with Gasteiger partial charge >= 0.3 is 5.97 Å². The molecule has 0 unspecified atom stereocenters. The van der Waals surface area contributed by atoms with Gasteiger partial charge in [-0.2, -0.15) is 0 Å². The molecule has 9 nitrogen and oxygen atoms in total. The number of carboxylic acids is 1. The van der Waals surface area contributed by atoms with Gasteiger partial charge in [0.05, 0.1) is 19.1 Å². The predicted molar refractivity (Wildman–Crippen MR) is 95.0 cm³/mol. The van der Waals surface area contributed by atoms with Gasteiger partial charge in [0, 0.05) is 40.4 Å². The Hall–Kier alpha value is -2.13. The lowest BCUT2D eigenvalue weighted by atomic mass is 9.97. The average molecular weight is 353 g/mol. The number of carbonyl (C=O) groups is 1. The van der Waals surface area contributed by atoms with Crippen molar-refractivity contribution in [2.75, 3.05) is 69.1 Å². The molecule has 1 aromatic heterocycles. The van der Waals surface area contributed by atoms with Gasteiger partial charge in [0.1, 0.15) is 12.0 Å². The van der Waals surface area contributed by atoms with Gasteiger partial charge in [0.15, 0.2) is 11.6 Å². The van der Waals surface area contributed by atoms with Gasteiger partial charge < -0.3 is 30.1 Å². The summed E-state index contributed by atoms with van der Waals surface area (Å²) < 4.78 is 10.3. The molecule has 0 bridgehead atoms. The van der Waals surface area contributed by atoms with Crippen molar-refractivity contribution in [2.45, 2.75) is 12.8 Å². The number of piperidine rings is 1. The van der Waals surface area contributed by atoms with Crippen molar-refractivity contribution in [2.24, 2.45) is 5.92 Å². The Bertz CT molecular complexity index is 555. The minimum absolute atomic E-state index is 0.293. The summed E-state index contributed by atoms with van der Waals surface area (Å²) in [6, 6.07) is 0. The van der Waals surface area contributed by atoms with Crippen LogP contribution in [0, 0.1) is 5.92 Å². The molecule has 0 atom stereocenters. The Kier molecular flexibility index (Phi) is 7.20. The van der Waals surface area contributed by atoms with E-state index in [0.717, 1.165) is 0 Å². The largest absolute Gasteiger partial charge is 0.481 e. The number of rotatable bonds is 9. The van der Waals surface area contributed by atoms with Crippen LogP contribution in [0.4, 0.5) is 17.3 Å². The lowest BCUT2D eigenvalue weighted by molar-refractivity contribution is -0.142. The topological polar surface area (TPSA) is 114 Å². The Morgan fingerprint density at radius 1 is 1.28 bits per heavy atom. The monoisotopic (exact) mass is 353 g/mol. The number of methoxy groups -OCH3 is 2. The van der Waals surface area contributed by atoms with Gasteiger partial charge in [0.25, 0.3) is 0 Å². The van der Waals surface area contributed by atoms with Gasteiger partial charge in [-0.1, -0.05) is 0 Å². The second-order valence-corrected chi connectivity index (χ2v) is 6.01. The van der Waals surface area contributed by atoms with Crippen LogP contribution in [0.5, 0.6) is 0 Å². The third kappa shape index (κ3) is 4.93. The summed E-state index contributed by atoms with van der Waals surface area (Å²) in [5.41, 5.74) is 6.85. The summed E-state index contributed by atoms with van der Waals surface area (Å²) in [6.07, 6.45) is 2.67. The molecule has 0 spiro atoms. The van der Waals surface area contributed by atoms with Crippen LogP contribution in [0.3, 0.4) is 0 Å². The quantitative estimate of drug-likeness (QED) is 0.653. The van der Waals surface area contributed by atoms with E-state index in [4.69, 9.17) is 20.3 Å². The van der Waals surface area contributed by atoms with Gasteiger partial charge in [-0.05, 0) is 12.8 Å². The van der Waals surface area contributed by atoms with Gasteiger partial charge in [0.2, 0.25) is 0 Å². The number of nitrogens with two attached hydrogens (primary N) is 1. The Morgan fingerprint density at radius 2 is 1.88 bits per heavy atom. The van der Waals surface area contributed by atoms with Crippen LogP contribution in [0.25, 0.3) is 0 Å². The molecule has 3 N–H and O–H groups in total. The molecule has 2 rings (SSSR count). The fourth-order valence-electron chi connectivity index (χ4n) is 2.95. The number of carboxylic acid groups (broad SMARTS) is 1. The highest BCUT2D eigenvalue weighted by atomic mass is 16.5. The lowest BCUT2D eigenvalue weighted by Gasteiger charge is -2.33. The molecule has 0 amide bonds. The van der Waals surface area contributed by atoms with Crippen molar-refractivity contribution in [1.82, 2.24) is 9.97 Å². The summed E-state index contributed by atoms with van der Waals surface area (Å²) in [5.74, 6) is 0.285. The number of ether oxygens (including phenoxy) is 2. The predicted octanol–water partition coefficient (Wildman–Crippen LogP) is 0.459. The van der Waals surface area contributed by atoms with E-state index in [2.05, 4.69) is 9.97 Å². The molecule has 9 heteroatoms. The summed E-state index contributed by atoms with van der Waals surface area (Å²) in [6.45, 7) is 3.61. The highest BCUT2D eigenvalue weighted by Crippen LogP contribution is 2.31. The first kappa shape index (κ1) is 19.2. The highest BCUT2D eigenvalue weighted by Gasteiger charge is 2.27. The van der Waals surface area contributed by atoms with Crippen molar-refractivity contribution in [3.05, 3.63) is 6.33 Å². The van der Waals surface area contributed by atoms with Crippen LogP contribution >= 0.6 is 0 Å². The number of nitrogens with zero attached hydrogens (tertiary/aromatic N) is 4. The second kappa shape index (κ2) is 9.38. The smallest absolute Gasteiger partial charge is 0.306 e. The first-order valence-corrected chi connectivity index (χ1v) is 8.39. The number of anilines is 3. The van der Waals surface area contributed by atoms with Crippen molar-refractivity contribution in [3.8, 4) is 0 Å². The molecule has 25 heavy (non-hydrogen) atoms. The zero-order chi connectivity index (χ0) is 18.2. The molecule has 1 saturated heterocycles. The van der Waals surface area contributed by atoms with E-state index in [0.29, 0.717) is 69.6 Å². The fourth-order valence-corrected chi connectivity index (χ4v) is 2.95. The Balaban J connectivity index is 2.15. The van der Waals surface area contributed by atoms with Gasteiger partial charge in [-0.15, -0.1) is 0 Å².